The number of unbranched alkanes of at least 4 members (excludes halogenated alkanes) is 1. The average Bonchev–Trinajstić information content (AvgIpc) is 3.08. The summed E-state index contributed by atoms with van der Waals surface area (Å²) in [4.78, 5) is 1.47. The van der Waals surface area contributed by atoms with Crippen LogP contribution in [0.15, 0.2) is 35.7 Å². The molecular weight excluding hydrogens is 302 g/mol. The van der Waals surface area contributed by atoms with E-state index in [-0.39, 0.29) is 0 Å². The lowest BCUT2D eigenvalue weighted by molar-refractivity contribution is 0.303. The van der Waals surface area contributed by atoms with Crippen molar-refractivity contribution in [3.63, 3.8) is 0 Å². The van der Waals surface area contributed by atoms with E-state index in [0.717, 1.165) is 44.6 Å². The van der Waals surface area contributed by atoms with Gasteiger partial charge in [0.1, 0.15) is 5.75 Å². The van der Waals surface area contributed by atoms with Crippen LogP contribution in [0.25, 0.3) is 0 Å². The fraction of sp³-hybridized carbons (Fsp3) is 0.500. The monoisotopic (exact) mass is 329 g/mol. The van der Waals surface area contributed by atoms with Gasteiger partial charge in [0.15, 0.2) is 0 Å². The van der Waals surface area contributed by atoms with Gasteiger partial charge in [0.05, 0.1) is 6.61 Å². The third-order valence-electron chi connectivity index (χ3n) is 4.58. The molecule has 1 aliphatic carbocycles. The van der Waals surface area contributed by atoms with Crippen LogP contribution in [0.2, 0.25) is 0 Å². The molecule has 3 heteroatoms. The van der Waals surface area contributed by atoms with Crippen LogP contribution >= 0.6 is 11.3 Å². The highest BCUT2D eigenvalue weighted by atomic mass is 32.1. The van der Waals surface area contributed by atoms with Gasteiger partial charge < -0.3 is 10.1 Å². The number of hydrogen-bond donors (Lipinski definition) is 1. The van der Waals surface area contributed by atoms with Gasteiger partial charge in [-0.2, -0.15) is 0 Å². The first-order valence-electron chi connectivity index (χ1n) is 8.86. The molecule has 1 N–H and O–H groups in total. The van der Waals surface area contributed by atoms with Crippen molar-refractivity contribution >= 4 is 11.3 Å². The predicted molar refractivity (Wildman–Crippen MR) is 98.7 cm³/mol. The largest absolute Gasteiger partial charge is 0.493 e. The molecule has 1 atom stereocenters. The van der Waals surface area contributed by atoms with Crippen molar-refractivity contribution in [3.8, 4) is 5.75 Å². The van der Waals surface area contributed by atoms with E-state index >= 15 is 0 Å². The molecule has 23 heavy (non-hydrogen) atoms. The molecule has 0 fully saturated rings. The quantitative estimate of drug-likeness (QED) is 0.714. The molecule has 0 bridgehead atoms. The first-order chi connectivity index (χ1) is 11.4. The van der Waals surface area contributed by atoms with Crippen molar-refractivity contribution in [1.82, 2.24) is 5.32 Å². The summed E-state index contributed by atoms with van der Waals surface area (Å²) in [7, 11) is 0. The fourth-order valence-electron chi connectivity index (χ4n) is 3.26. The predicted octanol–water partition coefficient (Wildman–Crippen LogP) is 4.62. The second-order valence-electron chi connectivity index (χ2n) is 6.32. The number of thiophene rings is 1. The van der Waals surface area contributed by atoms with E-state index in [2.05, 4.69) is 48.0 Å². The molecular formula is C20H27NOS. The van der Waals surface area contributed by atoms with Gasteiger partial charge in [-0.3, -0.25) is 0 Å². The van der Waals surface area contributed by atoms with Crippen LogP contribution < -0.4 is 10.1 Å². The topological polar surface area (TPSA) is 21.3 Å². The molecule has 3 rings (SSSR count). The minimum atomic E-state index is 0.605. The molecule has 1 aromatic heterocycles. The zero-order valence-electron chi connectivity index (χ0n) is 14.0. The fourth-order valence-corrected chi connectivity index (χ4v) is 3.97. The molecule has 124 valence electrons. The number of benzene rings is 1. The first kappa shape index (κ1) is 16.5. The molecule has 0 radical (unpaired) electrons. The van der Waals surface area contributed by atoms with Crippen molar-refractivity contribution in [2.24, 2.45) is 0 Å². The Morgan fingerprint density at radius 1 is 1.26 bits per heavy atom. The lowest BCUT2D eigenvalue weighted by Gasteiger charge is -2.27. The van der Waals surface area contributed by atoms with E-state index in [1.165, 1.54) is 28.8 Å². The lowest BCUT2D eigenvalue weighted by Crippen LogP contribution is -2.35. The van der Waals surface area contributed by atoms with Gasteiger partial charge in [-0.1, -0.05) is 31.5 Å². The van der Waals surface area contributed by atoms with Crippen molar-refractivity contribution in [1.29, 1.82) is 0 Å². The first-order valence-corrected chi connectivity index (χ1v) is 9.74. The lowest BCUT2D eigenvalue weighted by atomic mass is 9.87. The van der Waals surface area contributed by atoms with Gasteiger partial charge in [0.2, 0.25) is 0 Å². The number of fused-ring (bicyclic) bond motifs is 1. The highest BCUT2D eigenvalue weighted by Crippen LogP contribution is 2.30. The van der Waals surface area contributed by atoms with Gasteiger partial charge >= 0.3 is 0 Å². The Morgan fingerprint density at radius 3 is 3.04 bits per heavy atom. The molecule has 1 aliphatic rings. The van der Waals surface area contributed by atoms with E-state index in [1.807, 2.05) is 11.3 Å². The normalized spacial score (nSPS) is 17.0. The molecule has 1 aromatic carbocycles. The molecule has 2 aromatic rings. The van der Waals surface area contributed by atoms with Crippen LogP contribution in [0.1, 0.15) is 42.2 Å². The van der Waals surface area contributed by atoms with Crippen molar-refractivity contribution < 1.29 is 4.74 Å². The van der Waals surface area contributed by atoms with E-state index in [4.69, 9.17) is 4.74 Å². The molecule has 0 unspecified atom stereocenters. The maximum absolute atomic E-state index is 5.99. The average molecular weight is 330 g/mol. The van der Waals surface area contributed by atoms with E-state index in [0.29, 0.717) is 6.04 Å². The molecule has 0 amide bonds. The third kappa shape index (κ3) is 4.58. The number of nitrogens with one attached hydrogen (secondary N) is 1. The number of hydrogen-bond acceptors (Lipinski definition) is 3. The maximum Gasteiger partial charge on any atom is 0.122 e. The Morgan fingerprint density at radius 2 is 2.22 bits per heavy atom. The Labute approximate surface area is 143 Å². The highest BCUT2D eigenvalue weighted by molar-refractivity contribution is 7.09. The van der Waals surface area contributed by atoms with Crippen LogP contribution in [0, 0.1) is 0 Å². The van der Waals surface area contributed by atoms with Crippen LogP contribution in [0.5, 0.6) is 5.75 Å². The second kappa shape index (κ2) is 8.51. The molecule has 2 nitrogen and oxygen atoms in total. The van der Waals surface area contributed by atoms with Gasteiger partial charge in [0, 0.05) is 17.5 Å². The highest BCUT2D eigenvalue weighted by Gasteiger charge is 2.20. The zero-order chi connectivity index (χ0) is 15.9. The summed E-state index contributed by atoms with van der Waals surface area (Å²) >= 11 is 1.85. The minimum Gasteiger partial charge on any atom is -0.493 e. The van der Waals surface area contributed by atoms with Crippen LogP contribution in [0.3, 0.4) is 0 Å². The van der Waals surface area contributed by atoms with Crippen molar-refractivity contribution in [2.75, 3.05) is 13.2 Å². The summed E-state index contributed by atoms with van der Waals surface area (Å²) in [6, 6.07) is 11.5. The van der Waals surface area contributed by atoms with Gasteiger partial charge in [-0.05, 0) is 60.7 Å². The molecule has 1 heterocycles. The number of rotatable bonds is 8. The molecule has 0 spiro atoms. The Balaban J connectivity index is 1.52. The molecule has 0 saturated heterocycles. The Bertz CT molecular complexity index is 594. The summed E-state index contributed by atoms with van der Waals surface area (Å²) in [6.45, 7) is 4.12. The summed E-state index contributed by atoms with van der Waals surface area (Å²) < 4.78 is 5.99. The van der Waals surface area contributed by atoms with Crippen LogP contribution in [-0.4, -0.2) is 19.2 Å². The van der Waals surface area contributed by atoms with E-state index < -0.39 is 0 Å². The summed E-state index contributed by atoms with van der Waals surface area (Å²) in [5.41, 5.74) is 2.92. The van der Waals surface area contributed by atoms with Crippen molar-refractivity contribution in [3.05, 3.63) is 51.7 Å². The summed E-state index contributed by atoms with van der Waals surface area (Å²) in [6.07, 6.45) is 6.94. The SMILES string of the molecule is CCCCOc1cccc2c1CC[C@@H](NCCc1cccs1)C2. The minimum absolute atomic E-state index is 0.605. The van der Waals surface area contributed by atoms with E-state index in [9.17, 15) is 0 Å². The smallest absolute Gasteiger partial charge is 0.122 e. The van der Waals surface area contributed by atoms with Gasteiger partial charge in [-0.15, -0.1) is 11.3 Å². The molecule has 0 saturated carbocycles. The third-order valence-corrected chi connectivity index (χ3v) is 5.52. The Hall–Kier alpha value is -1.32. The van der Waals surface area contributed by atoms with E-state index in [1.54, 1.807) is 0 Å². The standard InChI is InChI=1S/C20H27NOS/c1-2-3-13-22-20-8-4-6-16-15-17(9-10-19(16)20)21-12-11-18-7-5-14-23-18/h4-8,14,17,21H,2-3,9-13,15H2,1H3/t17-/m1/s1. The number of ether oxygens (including phenoxy) is 1. The van der Waals surface area contributed by atoms with Gasteiger partial charge in [0.25, 0.3) is 0 Å². The maximum atomic E-state index is 5.99. The summed E-state index contributed by atoms with van der Waals surface area (Å²) in [5, 5.41) is 5.90. The van der Waals surface area contributed by atoms with Crippen molar-refractivity contribution in [2.45, 2.75) is 51.5 Å². The van der Waals surface area contributed by atoms with Crippen LogP contribution in [-0.2, 0) is 19.3 Å². The van der Waals surface area contributed by atoms with Gasteiger partial charge in [-0.25, -0.2) is 0 Å². The van der Waals surface area contributed by atoms with Crippen LogP contribution in [0.4, 0.5) is 0 Å². The zero-order valence-corrected chi connectivity index (χ0v) is 14.8. The second-order valence-corrected chi connectivity index (χ2v) is 7.35. The summed E-state index contributed by atoms with van der Waals surface area (Å²) in [5.74, 6) is 1.12. The molecule has 0 aliphatic heterocycles. The Kier molecular flexibility index (Phi) is 6.12.